The van der Waals surface area contributed by atoms with E-state index in [1.165, 1.54) is 0 Å². The van der Waals surface area contributed by atoms with Gasteiger partial charge in [-0.05, 0) is 42.6 Å². The zero-order valence-electron chi connectivity index (χ0n) is 25.3. The van der Waals surface area contributed by atoms with Crippen LogP contribution in [0.2, 0.25) is 0 Å². The maximum atomic E-state index is 13.6. The van der Waals surface area contributed by atoms with Gasteiger partial charge in [0.2, 0.25) is 11.8 Å². The van der Waals surface area contributed by atoms with Crippen molar-refractivity contribution < 1.29 is 29.0 Å². The second kappa shape index (κ2) is 15.4. The molecule has 0 saturated carbocycles. The number of rotatable bonds is 12. The Balaban J connectivity index is 1.43. The van der Waals surface area contributed by atoms with E-state index >= 15 is 0 Å². The highest BCUT2D eigenvalue weighted by molar-refractivity contribution is 5.86. The molecule has 0 aliphatic carbocycles. The predicted octanol–water partition coefficient (Wildman–Crippen LogP) is 2.40. The topological polar surface area (TPSA) is 142 Å². The average Bonchev–Trinajstić information content (AvgIpc) is 3.02. The molecule has 4 N–H and O–H groups in total. The molecule has 0 radical (unpaired) electrons. The number of carbonyl (C=O) groups excluding carboxylic acids is 3. The van der Waals surface area contributed by atoms with Crippen molar-refractivity contribution in [1.29, 1.82) is 0 Å². The first kappa shape index (κ1) is 32.6. The van der Waals surface area contributed by atoms with Gasteiger partial charge in [0, 0.05) is 6.20 Å². The number of nitrogens with zero attached hydrogens (tertiary/aromatic N) is 2. The molecular weight excluding hydrogens is 562 g/mol. The van der Waals surface area contributed by atoms with Crippen LogP contribution in [0.3, 0.4) is 0 Å². The Morgan fingerprint density at radius 1 is 1.00 bits per heavy atom. The Bertz CT molecular complexity index is 1360. The van der Waals surface area contributed by atoms with E-state index in [2.05, 4.69) is 20.9 Å². The van der Waals surface area contributed by atoms with E-state index in [0.717, 1.165) is 16.8 Å². The summed E-state index contributed by atoms with van der Waals surface area (Å²) in [5.41, 5.74) is 2.41. The third-order valence-electron chi connectivity index (χ3n) is 7.55. The Hall–Kier alpha value is -4.32. The SMILES string of the molecule is CC(C)[C@H](NC(=O)OCc1ccccc1)C(=O)N[C@@H](Cc1ccccc1)C1(O)CN(C)C(C(=O)NCc2ccccn2)CO1. The van der Waals surface area contributed by atoms with Crippen molar-refractivity contribution in [1.82, 2.24) is 25.8 Å². The van der Waals surface area contributed by atoms with E-state index in [1.807, 2.05) is 86.6 Å². The van der Waals surface area contributed by atoms with Gasteiger partial charge >= 0.3 is 6.09 Å². The Labute approximate surface area is 258 Å². The lowest BCUT2D eigenvalue weighted by molar-refractivity contribution is -0.261. The molecule has 1 aliphatic heterocycles. The summed E-state index contributed by atoms with van der Waals surface area (Å²) in [5.74, 6) is -2.87. The number of carbonyl (C=O) groups is 3. The molecule has 2 unspecified atom stereocenters. The molecule has 1 fully saturated rings. The maximum absolute atomic E-state index is 13.6. The molecule has 0 spiro atoms. The first-order valence-corrected chi connectivity index (χ1v) is 14.7. The van der Waals surface area contributed by atoms with Gasteiger partial charge in [0.15, 0.2) is 5.79 Å². The predicted molar refractivity (Wildman–Crippen MR) is 164 cm³/mol. The summed E-state index contributed by atoms with van der Waals surface area (Å²) >= 11 is 0. The summed E-state index contributed by atoms with van der Waals surface area (Å²) in [4.78, 5) is 45.2. The molecule has 4 atom stereocenters. The molecule has 44 heavy (non-hydrogen) atoms. The van der Waals surface area contributed by atoms with Gasteiger partial charge in [0.25, 0.3) is 0 Å². The third-order valence-corrected chi connectivity index (χ3v) is 7.55. The summed E-state index contributed by atoms with van der Waals surface area (Å²) in [6, 6.07) is 21.6. The summed E-state index contributed by atoms with van der Waals surface area (Å²) in [5, 5.41) is 20.3. The van der Waals surface area contributed by atoms with Gasteiger partial charge in [-0.3, -0.25) is 19.5 Å². The number of amides is 3. The second-order valence-electron chi connectivity index (χ2n) is 11.3. The molecule has 234 valence electrons. The van der Waals surface area contributed by atoms with Crippen molar-refractivity contribution in [3.63, 3.8) is 0 Å². The van der Waals surface area contributed by atoms with E-state index in [4.69, 9.17) is 9.47 Å². The third kappa shape index (κ3) is 9.09. The normalized spacial score (nSPS) is 19.9. The smallest absolute Gasteiger partial charge is 0.408 e. The van der Waals surface area contributed by atoms with Crippen molar-refractivity contribution in [3.8, 4) is 0 Å². The summed E-state index contributed by atoms with van der Waals surface area (Å²) < 4.78 is 11.3. The minimum Gasteiger partial charge on any atom is -0.445 e. The highest BCUT2D eigenvalue weighted by Crippen LogP contribution is 2.25. The highest BCUT2D eigenvalue weighted by atomic mass is 16.6. The quantitative estimate of drug-likeness (QED) is 0.247. The molecule has 2 heterocycles. The number of β-amino-alcohol motifs (C(OH)–C–C–N with tert-alkyl or cyclic N) is 1. The molecular formula is C33H41N5O6. The minimum absolute atomic E-state index is 0.0503. The van der Waals surface area contributed by atoms with Gasteiger partial charge in [-0.25, -0.2) is 4.79 Å². The van der Waals surface area contributed by atoms with Crippen LogP contribution in [0.15, 0.2) is 85.1 Å². The lowest BCUT2D eigenvalue weighted by atomic mass is 9.94. The first-order chi connectivity index (χ1) is 21.1. The number of aromatic nitrogens is 1. The number of aliphatic hydroxyl groups is 1. The highest BCUT2D eigenvalue weighted by Gasteiger charge is 2.47. The maximum Gasteiger partial charge on any atom is 0.408 e. The van der Waals surface area contributed by atoms with Gasteiger partial charge in [0.1, 0.15) is 18.7 Å². The van der Waals surface area contributed by atoms with Crippen molar-refractivity contribution >= 4 is 17.9 Å². The van der Waals surface area contributed by atoms with Gasteiger partial charge in [-0.2, -0.15) is 0 Å². The van der Waals surface area contributed by atoms with E-state index in [1.54, 1.807) is 24.2 Å². The fourth-order valence-electron chi connectivity index (χ4n) is 5.01. The molecule has 11 nitrogen and oxygen atoms in total. The Kier molecular flexibility index (Phi) is 11.4. The van der Waals surface area contributed by atoms with Gasteiger partial charge < -0.3 is 30.5 Å². The fraction of sp³-hybridized carbons (Fsp3) is 0.394. The Morgan fingerprint density at radius 3 is 2.27 bits per heavy atom. The molecule has 1 aromatic heterocycles. The van der Waals surface area contributed by atoms with E-state index in [0.29, 0.717) is 0 Å². The number of nitrogens with one attached hydrogen (secondary N) is 3. The van der Waals surface area contributed by atoms with Crippen molar-refractivity contribution in [2.45, 2.75) is 57.3 Å². The van der Waals surface area contributed by atoms with Crippen LogP contribution in [0.4, 0.5) is 4.79 Å². The molecule has 2 aromatic carbocycles. The number of pyridine rings is 1. The number of morpholine rings is 1. The fourth-order valence-corrected chi connectivity index (χ4v) is 5.01. The largest absolute Gasteiger partial charge is 0.445 e. The van der Waals surface area contributed by atoms with Gasteiger partial charge in [-0.1, -0.05) is 80.6 Å². The molecule has 3 aromatic rings. The van der Waals surface area contributed by atoms with Crippen molar-refractivity contribution in [2.75, 3.05) is 20.2 Å². The molecule has 0 bridgehead atoms. The van der Waals surface area contributed by atoms with Crippen LogP contribution in [0.25, 0.3) is 0 Å². The molecule has 11 heteroatoms. The van der Waals surface area contributed by atoms with Crippen molar-refractivity contribution in [2.24, 2.45) is 5.92 Å². The molecule has 1 saturated heterocycles. The molecule has 4 rings (SSSR count). The molecule has 3 amide bonds. The number of alkyl carbamates (subject to hydrolysis) is 1. The zero-order chi connectivity index (χ0) is 31.5. The number of benzene rings is 2. The van der Waals surface area contributed by atoms with Gasteiger partial charge in [-0.15, -0.1) is 0 Å². The number of ether oxygens (including phenoxy) is 2. The van der Waals surface area contributed by atoms with Gasteiger partial charge in [0.05, 0.1) is 31.4 Å². The van der Waals surface area contributed by atoms with Crippen LogP contribution in [0, 0.1) is 5.92 Å². The summed E-state index contributed by atoms with van der Waals surface area (Å²) in [6.07, 6.45) is 1.18. The number of hydrogen-bond donors (Lipinski definition) is 4. The van der Waals surface area contributed by atoms with Crippen LogP contribution in [-0.4, -0.2) is 77.0 Å². The van der Waals surface area contributed by atoms with Crippen LogP contribution >= 0.6 is 0 Å². The van der Waals surface area contributed by atoms with E-state index in [-0.39, 0.29) is 44.5 Å². The molecule has 1 aliphatic rings. The van der Waals surface area contributed by atoms with E-state index in [9.17, 15) is 19.5 Å². The number of hydrogen-bond acceptors (Lipinski definition) is 8. The van der Waals surface area contributed by atoms with Crippen LogP contribution < -0.4 is 16.0 Å². The van der Waals surface area contributed by atoms with Crippen LogP contribution in [0.5, 0.6) is 0 Å². The second-order valence-corrected chi connectivity index (χ2v) is 11.3. The average molecular weight is 604 g/mol. The van der Waals surface area contributed by atoms with E-state index < -0.39 is 35.9 Å². The minimum atomic E-state index is -1.83. The van der Waals surface area contributed by atoms with Crippen molar-refractivity contribution in [3.05, 3.63) is 102 Å². The van der Waals surface area contributed by atoms with Crippen LogP contribution in [-0.2, 0) is 38.6 Å². The lowest BCUT2D eigenvalue weighted by Gasteiger charge is -2.45. The zero-order valence-corrected chi connectivity index (χ0v) is 25.3. The Morgan fingerprint density at radius 2 is 1.66 bits per heavy atom. The number of likely N-dealkylation sites (N-methyl/N-ethyl adjacent to an activating group) is 1. The standard InChI is InChI=1S/C33H41N5O6/c1-23(2)29(37-32(41)43-20-25-14-8-5-9-15-25)31(40)36-28(18-24-12-6-4-7-13-24)33(42)22-38(3)27(21-44-33)30(39)35-19-26-16-10-11-17-34-26/h4-17,23,27-29,42H,18-22H2,1-3H3,(H,35,39)(H,36,40)(H,37,41)/t27?,28-,29-,33?/m0/s1. The summed E-state index contributed by atoms with van der Waals surface area (Å²) in [6.45, 7) is 3.79. The monoisotopic (exact) mass is 603 g/mol. The van der Waals surface area contributed by atoms with Crippen LogP contribution in [0.1, 0.15) is 30.7 Å². The lowest BCUT2D eigenvalue weighted by Crippen LogP contribution is -2.68. The summed E-state index contributed by atoms with van der Waals surface area (Å²) in [7, 11) is 1.72. The first-order valence-electron chi connectivity index (χ1n) is 14.7.